The Morgan fingerprint density at radius 3 is 2.71 bits per heavy atom. The molecule has 0 unspecified atom stereocenters. The highest BCUT2D eigenvalue weighted by molar-refractivity contribution is 5.34. The molecule has 0 bridgehead atoms. The number of hydrogen-bond donors (Lipinski definition) is 2. The maximum Gasteiger partial charge on any atom is 0.401 e. The number of aromatic hydroxyl groups is 1. The van der Waals surface area contributed by atoms with Gasteiger partial charge in [-0.25, -0.2) is 0 Å². The Morgan fingerprint density at radius 2 is 2.10 bits per heavy atom. The van der Waals surface area contributed by atoms with E-state index in [0.29, 0.717) is 19.5 Å². The molecule has 0 radical (unpaired) electrons. The van der Waals surface area contributed by atoms with E-state index in [4.69, 9.17) is 0 Å². The summed E-state index contributed by atoms with van der Waals surface area (Å²) in [6.45, 7) is 1.99. The van der Waals surface area contributed by atoms with Crippen LogP contribution in [0.1, 0.15) is 31.4 Å². The van der Waals surface area contributed by atoms with E-state index in [1.54, 1.807) is 12.1 Å². The minimum atomic E-state index is -4.14. The van der Waals surface area contributed by atoms with Crippen LogP contribution in [0.3, 0.4) is 0 Å². The van der Waals surface area contributed by atoms with Crippen LogP contribution < -0.4 is 5.32 Å². The summed E-state index contributed by atoms with van der Waals surface area (Å²) in [6.07, 6.45) is -2.68. The highest BCUT2D eigenvalue weighted by atomic mass is 19.4. The van der Waals surface area contributed by atoms with E-state index < -0.39 is 12.7 Å². The summed E-state index contributed by atoms with van der Waals surface area (Å²) in [4.78, 5) is 1.43. The number of rotatable bonds is 5. The molecule has 0 aromatic heterocycles. The molecule has 1 aromatic carbocycles. The second-order valence-corrected chi connectivity index (χ2v) is 5.52. The average molecular weight is 302 g/mol. The number of benzene rings is 1. The summed E-state index contributed by atoms with van der Waals surface area (Å²) in [5.41, 5.74) is 0.800. The highest BCUT2D eigenvalue weighted by Gasteiger charge is 2.34. The molecule has 6 heteroatoms. The predicted molar refractivity (Wildman–Crippen MR) is 75.2 cm³/mol. The Morgan fingerprint density at radius 1 is 1.38 bits per heavy atom. The molecule has 1 aliphatic heterocycles. The number of nitrogens with one attached hydrogen (secondary N) is 1. The van der Waals surface area contributed by atoms with Crippen molar-refractivity contribution in [2.75, 3.05) is 19.6 Å². The van der Waals surface area contributed by atoms with Gasteiger partial charge in [0.05, 0.1) is 6.54 Å². The zero-order valence-corrected chi connectivity index (χ0v) is 12.0. The van der Waals surface area contributed by atoms with Crippen molar-refractivity contribution in [1.82, 2.24) is 10.2 Å². The zero-order chi connectivity index (χ0) is 15.5. The van der Waals surface area contributed by atoms with Crippen molar-refractivity contribution in [1.29, 1.82) is 0 Å². The van der Waals surface area contributed by atoms with Gasteiger partial charge >= 0.3 is 6.18 Å². The van der Waals surface area contributed by atoms with Crippen LogP contribution in [0.25, 0.3) is 0 Å². The van der Waals surface area contributed by atoms with Crippen molar-refractivity contribution in [3.63, 3.8) is 0 Å². The second-order valence-electron chi connectivity index (χ2n) is 5.52. The Kier molecular flexibility index (Phi) is 5.11. The number of phenolic OH excluding ortho intramolecular Hbond substituents is 1. The molecule has 1 aliphatic rings. The molecule has 0 aliphatic carbocycles. The number of para-hydroxylation sites is 1. The first kappa shape index (κ1) is 16.1. The summed E-state index contributed by atoms with van der Waals surface area (Å²) in [5, 5.41) is 13.3. The monoisotopic (exact) mass is 302 g/mol. The lowest BCUT2D eigenvalue weighted by atomic mass is 10.0. The van der Waals surface area contributed by atoms with Crippen LogP contribution in [0.5, 0.6) is 5.75 Å². The van der Waals surface area contributed by atoms with Crippen molar-refractivity contribution in [2.45, 2.75) is 38.0 Å². The molecule has 0 spiro atoms. The lowest BCUT2D eigenvalue weighted by molar-refractivity contribution is -0.143. The van der Waals surface area contributed by atoms with Crippen LogP contribution in [0.15, 0.2) is 24.3 Å². The fourth-order valence-corrected chi connectivity index (χ4v) is 2.86. The third-order valence-corrected chi connectivity index (χ3v) is 3.83. The summed E-state index contributed by atoms with van der Waals surface area (Å²) < 4.78 is 37.2. The number of hydrogen-bond acceptors (Lipinski definition) is 3. The summed E-state index contributed by atoms with van der Waals surface area (Å²) in [7, 11) is 0. The number of halogens is 3. The molecule has 118 valence electrons. The van der Waals surface area contributed by atoms with Gasteiger partial charge in [0.1, 0.15) is 5.75 Å². The Bertz CT molecular complexity index is 464. The van der Waals surface area contributed by atoms with E-state index >= 15 is 0 Å². The molecular weight excluding hydrogens is 281 g/mol. The van der Waals surface area contributed by atoms with Gasteiger partial charge in [0.2, 0.25) is 0 Å². The van der Waals surface area contributed by atoms with Gasteiger partial charge in [-0.2, -0.15) is 13.2 Å². The number of likely N-dealkylation sites (tertiary alicyclic amines) is 1. The number of phenols is 1. The summed E-state index contributed by atoms with van der Waals surface area (Å²) in [5.74, 6) is 0.224. The first-order chi connectivity index (χ1) is 9.89. The van der Waals surface area contributed by atoms with E-state index in [-0.39, 0.29) is 17.8 Å². The molecular formula is C15H21F3N2O. The van der Waals surface area contributed by atoms with Crippen LogP contribution in [0, 0.1) is 0 Å². The SMILES string of the molecule is CC[C@@H](N[C@@H]1CCN(CC(F)(F)F)C1)c1ccccc1O. The maximum absolute atomic E-state index is 12.4. The minimum Gasteiger partial charge on any atom is -0.508 e. The number of nitrogens with zero attached hydrogens (tertiary/aromatic N) is 1. The molecule has 2 rings (SSSR count). The quantitative estimate of drug-likeness (QED) is 0.877. The molecule has 2 N–H and O–H groups in total. The largest absolute Gasteiger partial charge is 0.508 e. The molecule has 0 amide bonds. The van der Waals surface area contributed by atoms with Gasteiger partial charge in [-0.1, -0.05) is 25.1 Å². The van der Waals surface area contributed by atoms with E-state index in [2.05, 4.69) is 5.32 Å². The topological polar surface area (TPSA) is 35.5 Å². The normalized spacial score (nSPS) is 21.6. The fraction of sp³-hybridized carbons (Fsp3) is 0.600. The lowest BCUT2D eigenvalue weighted by Crippen LogP contribution is -2.38. The molecule has 3 nitrogen and oxygen atoms in total. The third-order valence-electron chi connectivity index (χ3n) is 3.83. The fourth-order valence-electron chi connectivity index (χ4n) is 2.86. The number of alkyl halides is 3. The van der Waals surface area contributed by atoms with Gasteiger partial charge in [-0.15, -0.1) is 0 Å². The first-order valence-corrected chi connectivity index (χ1v) is 7.22. The van der Waals surface area contributed by atoms with Crippen molar-refractivity contribution in [2.24, 2.45) is 0 Å². The van der Waals surface area contributed by atoms with Crippen LogP contribution in [0.2, 0.25) is 0 Å². The molecule has 1 saturated heterocycles. The average Bonchev–Trinajstić information content (AvgIpc) is 2.82. The van der Waals surface area contributed by atoms with Crippen molar-refractivity contribution < 1.29 is 18.3 Å². The lowest BCUT2D eigenvalue weighted by Gasteiger charge is -2.23. The van der Waals surface area contributed by atoms with E-state index in [0.717, 1.165) is 12.0 Å². The van der Waals surface area contributed by atoms with Crippen molar-refractivity contribution >= 4 is 0 Å². The van der Waals surface area contributed by atoms with Crippen LogP contribution in [-0.2, 0) is 0 Å². The van der Waals surface area contributed by atoms with Crippen LogP contribution in [-0.4, -0.2) is 41.9 Å². The van der Waals surface area contributed by atoms with E-state index in [9.17, 15) is 18.3 Å². The first-order valence-electron chi connectivity index (χ1n) is 7.22. The standard InChI is InChI=1S/C15H21F3N2O/c1-2-13(12-5-3-4-6-14(12)21)19-11-7-8-20(9-11)10-15(16,17)18/h3-6,11,13,19,21H,2,7-10H2,1H3/t11-,13-/m1/s1. The van der Waals surface area contributed by atoms with Gasteiger partial charge in [0.25, 0.3) is 0 Å². The molecule has 1 fully saturated rings. The minimum absolute atomic E-state index is 0.0249. The van der Waals surface area contributed by atoms with Crippen molar-refractivity contribution in [3.8, 4) is 5.75 Å². The van der Waals surface area contributed by atoms with Gasteiger partial charge in [0.15, 0.2) is 0 Å². The van der Waals surface area contributed by atoms with Crippen molar-refractivity contribution in [3.05, 3.63) is 29.8 Å². The van der Waals surface area contributed by atoms with Gasteiger partial charge in [0, 0.05) is 30.7 Å². The van der Waals surface area contributed by atoms with Gasteiger partial charge < -0.3 is 10.4 Å². The Labute approximate surface area is 122 Å². The van der Waals surface area contributed by atoms with E-state index in [1.807, 2.05) is 19.1 Å². The van der Waals surface area contributed by atoms with Gasteiger partial charge in [-0.05, 0) is 18.9 Å². The smallest absolute Gasteiger partial charge is 0.401 e. The molecule has 1 heterocycles. The van der Waals surface area contributed by atoms with Gasteiger partial charge in [-0.3, -0.25) is 4.90 Å². The highest BCUT2D eigenvalue weighted by Crippen LogP contribution is 2.28. The zero-order valence-electron chi connectivity index (χ0n) is 12.0. The van der Waals surface area contributed by atoms with E-state index in [1.165, 1.54) is 4.90 Å². The molecule has 21 heavy (non-hydrogen) atoms. The summed E-state index contributed by atoms with van der Waals surface area (Å²) in [6, 6.07) is 7.07. The Balaban J connectivity index is 1.93. The molecule has 2 atom stereocenters. The maximum atomic E-state index is 12.4. The summed E-state index contributed by atoms with van der Waals surface area (Å²) >= 11 is 0. The molecule has 0 saturated carbocycles. The third kappa shape index (κ3) is 4.61. The second kappa shape index (κ2) is 6.66. The Hall–Kier alpha value is -1.27. The van der Waals surface area contributed by atoms with Crippen LogP contribution >= 0.6 is 0 Å². The predicted octanol–water partition coefficient (Wildman–Crippen LogP) is 3.07. The van der Waals surface area contributed by atoms with Crippen LogP contribution in [0.4, 0.5) is 13.2 Å². The molecule has 1 aromatic rings.